The highest BCUT2D eigenvalue weighted by atomic mass is 31.3. The highest BCUT2D eigenvalue weighted by Crippen LogP contribution is 2.66. The number of alkyl halides is 2. The number of rotatable bonds is 8. The lowest BCUT2D eigenvalue weighted by molar-refractivity contribution is -0.193. The second-order valence-electron chi connectivity index (χ2n) is 6.73. The van der Waals surface area contributed by atoms with Gasteiger partial charge in [-0.3, -0.25) is 18.9 Å². The van der Waals surface area contributed by atoms with Gasteiger partial charge >= 0.3 is 23.5 Å². The summed E-state index contributed by atoms with van der Waals surface area (Å²) < 4.78 is 80.5. The Bertz CT molecular complexity index is 1400. The minimum Gasteiger partial charge on any atom is -0.371 e. The molecule has 2 aromatic rings. The lowest BCUT2D eigenvalue weighted by Crippen LogP contribution is -2.47. The van der Waals surface area contributed by atoms with E-state index in [4.69, 9.17) is 31.6 Å². The summed E-state index contributed by atoms with van der Waals surface area (Å²) in [5, 5.41) is 10.6. The largest absolute Gasteiger partial charge is 0.490 e. The van der Waals surface area contributed by atoms with E-state index in [0.717, 1.165) is 6.33 Å². The number of nitrogens with two attached hydrogens (primary N) is 1. The molecule has 1 aliphatic heterocycles. The zero-order chi connectivity index (χ0) is 26.6. The van der Waals surface area contributed by atoms with E-state index in [1.807, 2.05) is 0 Å². The summed E-state index contributed by atoms with van der Waals surface area (Å²) >= 11 is 0. The van der Waals surface area contributed by atoms with Crippen LogP contribution in [-0.2, 0) is 31.6 Å². The molecular weight excluding hydrogens is 553 g/mol. The second kappa shape index (κ2) is 8.78. The first-order valence-electron chi connectivity index (χ1n) is 8.54. The Balaban J connectivity index is 1.89. The Morgan fingerprint density at radius 2 is 1.91 bits per heavy atom. The number of fused-ring (bicyclic) bond motifs is 1. The number of imidazole rings is 1. The molecule has 194 valence electrons. The van der Waals surface area contributed by atoms with Crippen LogP contribution >= 0.6 is 23.5 Å². The number of phosphoric acid groups is 3. The molecule has 0 bridgehead atoms. The molecule has 0 saturated carbocycles. The lowest BCUT2D eigenvalue weighted by Gasteiger charge is -2.25. The van der Waals surface area contributed by atoms with Gasteiger partial charge in [0.15, 0.2) is 17.4 Å². The Labute approximate surface area is 191 Å². The van der Waals surface area contributed by atoms with Crippen molar-refractivity contribution in [3.63, 3.8) is 0 Å². The topological polar surface area (TPSA) is 279 Å². The summed E-state index contributed by atoms with van der Waals surface area (Å²) in [6, 6.07) is 0. The standard InChI is InChI=1S/C12H14F2N5O13P3/c1-2-11(21)8(13)12(14,3-29-34(25,26)32-35(27,28)31-33(22,23)24)30-9(11)19-4-16-5-6(19)17-10(15)18-7(5)20/h1,4,8-9,21H,3H2,(H,25,26)(H,27,28)(H2,22,23,24)(H3,15,17,18,20)/t8-,9+,11+,12+/m0/s1. The zero-order valence-corrected chi connectivity index (χ0v) is 19.2. The van der Waals surface area contributed by atoms with Crippen molar-refractivity contribution in [3.8, 4) is 12.3 Å². The van der Waals surface area contributed by atoms with Gasteiger partial charge in [0.25, 0.3) is 11.4 Å². The lowest BCUT2D eigenvalue weighted by atomic mass is 9.95. The Morgan fingerprint density at radius 3 is 2.49 bits per heavy atom. The SMILES string of the molecule is C#C[C@]1(O)[C@H](n2cnc3c(=O)[nH]c(N)nc32)O[C@](F)(COP(=O)(O)OP(=O)(O)OP(=O)(O)O)[C@H]1F. The van der Waals surface area contributed by atoms with Crippen LogP contribution in [0, 0.1) is 12.3 Å². The van der Waals surface area contributed by atoms with E-state index in [9.17, 15) is 32.9 Å². The zero-order valence-electron chi connectivity index (χ0n) is 16.5. The van der Waals surface area contributed by atoms with Gasteiger partial charge < -0.3 is 35.2 Å². The first-order chi connectivity index (χ1) is 15.8. The van der Waals surface area contributed by atoms with Crippen LogP contribution in [0.25, 0.3) is 11.2 Å². The Kier molecular flexibility index (Phi) is 6.90. The molecule has 0 aliphatic carbocycles. The molecule has 18 nitrogen and oxygen atoms in total. The van der Waals surface area contributed by atoms with Crippen molar-refractivity contribution < 1.29 is 65.0 Å². The summed E-state index contributed by atoms with van der Waals surface area (Å²) in [7, 11) is -17.6. The van der Waals surface area contributed by atoms with Crippen molar-refractivity contribution in [2.24, 2.45) is 0 Å². The van der Waals surface area contributed by atoms with Gasteiger partial charge in [0.05, 0.1) is 6.33 Å². The fourth-order valence-electron chi connectivity index (χ4n) is 2.90. The molecule has 0 radical (unpaired) electrons. The maximum absolute atomic E-state index is 15.3. The second-order valence-corrected chi connectivity index (χ2v) is 11.1. The first-order valence-corrected chi connectivity index (χ1v) is 13.1. The number of nitrogens with one attached hydrogen (secondary N) is 1. The van der Waals surface area contributed by atoms with Gasteiger partial charge in [-0.15, -0.1) is 6.42 Å². The summed E-state index contributed by atoms with van der Waals surface area (Å²) in [5.41, 5.74) is 0.535. The fourth-order valence-corrected chi connectivity index (χ4v) is 5.93. The number of H-pyrrole nitrogens is 1. The molecule has 35 heavy (non-hydrogen) atoms. The summed E-state index contributed by atoms with van der Waals surface area (Å²) in [4.78, 5) is 56.9. The van der Waals surface area contributed by atoms with E-state index < -0.39 is 76.6 Å². The number of aromatic amines is 1. The Morgan fingerprint density at radius 1 is 1.29 bits per heavy atom. The quantitative estimate of drug-likeness (QED) is 0.148. The van der Waals surface area contributed by atoms with E-state index in [-0.39, 0.29) is 0 Å². The molecule has 6 atom stereocenters. The van der Waals surface area contributed by atoms with Crippen LogP contribution in [0.5, 0.6) is 0 Å². The van der Waals surface area contributed by atoms with Crippen molar-refractivity contribution in [2.45, 2.75) is 23.9 Å². The van der Waals surface area contributed by atoms with Gasteiger partial charge in [0.1, 0.15) is 6.61 Å². The summed E-state index contributed by atoms with van der Waals surface area (Å²) in [5.74, 6) is -2.77. The molecule has 0 amide bonds. The number of hydrogen-bond acceptors (Lipinski definition) is 12. The van der Waals surface area contributed by atoms with Crippen LogP contribution in [0.15, 0.2) is 11.1 Å². The number of hydrogen-bond donors (Lipinski definition) is 7. The first kappa shape index (κ1) is 27.5. The fraction of sp³-hybridized carbons (Fsp3) is 0.417. The third kappa shape index (κ3) is 5.52. The van der Waals surface area contributed by atoms with Crippen LogP contribution < -0.4 is 11.3 Å². The van der Waals surface area contributed by atoms with Gasteiger partial charge in [0, 0.05) is 0 Å². The van der Waals surface area contributed by atoms with Crippen LogP contribution in [0.3, 0.4) is 0 Å². The van der Waals surface area contributed by atoms with E-state index in [2.05, 4.69) is 28.1 Å². The summed E-state index contributed by atoms with van der Waals surface area (Å²) in [6.45, 7) is -1.94. The molecule has 1 aliphatic rings. The minimum absolute atomic E-state index is 0.401. The molecule has 3 heterocycles. The van der Waals surface area contributed by atoms with Crippen LogP contribution in [0.1, 0.15) is 6.23 Å². The number of phosphoric ester groups is 1. The highest BCUT2D eigenvalue weighted by Gasteiger charge is 2.67. The van der Waals surface area contributed by atoms with E-state index in [1.54, 1.807) is 5.92 Å². The van der Waals surface area contributed by atoms with Gasteiger partial charge in [-0.25, -0.2) is 27.5 Å². The molecule has 0 spiro atoms. The minimum atomic E-state index is -5.96. The molecule has 2 unspecified atom stereocenters. The van der Waals surface area contributed by atoms with E-state index in [1.165, 1.54) is 0 Å². The normalized spacial score (nSPS) is 30.6. The summed E-state index contributed by atoms with van der Waals surface area (Å²) in [6.07, 6.45) is 0.437. The molecule has 0 aromatic carbocycles. The third-order valence-electron chi connectivity index (χ3n) is 4.22. The van der Waals surface area contributed by atoms with Crippen LogP contribution in [-0.4, -0.2) is 68.4 Å². The number of anilines is 1. The maximum atomic E-state index is 15.3. The smallest absolute Gasteiger partial charge is 0.371 e. The van der Waals surface area contributed by atoms with Crippen molar-refractivity contribution in [1.82, 2.24) is 19.5 Å². The average molecular weight is 567 g/mol. The van der Waals surface area contributed by atoms with Gasteiger partial charge in [-0.1, -0.05) is 5.92 Å². The van der Waals surface area contributed by atoms with Crippen molar-refractivity contribution in [3.05, 3.63) is 16.7 Å². The van der Waals surface area contributed by atoms with Gasteiger partial charge in [-0.05, 0) is 0 Å². The molecule has 8 N–H and O–H groups in total. The molecule has 2 aromatic heterocycles. The number of halogens is 2. The number of nitrogens with zero attached hydrogens (tertiary/aromatic N) is 3. The van der Waals surface area contributed by atoms with E-state index in [0.29, 0.717) is 4.57 Å². The number of nitrogen functional groups attached to an aromatic ring is 1. The number of ether oxygens (including phenoxy) is 1. The molecule has 1 fully saturated rings. The van der Waals surface area contributed by atoms with Crippen molar-refractivity contribution in [1.29, 1.82) is 0 Å². The molecular formula is C12H14F2N5O13P3. The van der Waals surface area contributed by atoms with Crippen LogP contribution in [0.2, 0.25) is 0 Å². The number of terminal acetylenes is 1. The monoisotopic (exact) mass is 567 g/mol. The predicted molar refractivity (Wildman–Crippen MR) is 105 cm³/mol. The van der Waals surface area contributed by atoms with Gasteiger partial charge in [-0.2, -0.15) is 13.6 Å². The average Bonchev–Trinajstić information content (AvgIpc) is 3.18. The van der Waals surface area contributed by atoms with Crippen molar-refractivity contribution >= 4 is 40.6 Å². The Hall–Kier alpha value is -2.10. The third-order valence-corrected chi connectivity index (χ3v) is 8.01. The number of aliphatic hydroxyl groups is 1. The molecule has 23 heteroatoms. The highest BCUT2D eigenvalue weighted by molar-refractivity contribution is 7.66. The van der Waals surface area contributed by atoms with Gasteiger partial charge in [0.2, 0.25) is 17.7 Å². The van der Waals surface area contributed by atoms with E-state index >= 15 is 4.39 Å². The molecule has 3 rings (SSSR count). The van der Waals surface area contributed by atoms with Crippen molar-refractivity contribution in [2.75, 3.05) is 12.3 Å². The predicted octanol–water partition coefficient (Wildman–Crippen LogP) is -1.06. The molecule has 1 saturated heterocycles. The van der Waals surface area contributed by atoms with Crippen LogP contribution in [0.4, 0.5) is 14.7 Å². The number of aromatic nitrogens is 4. The maximum Gasteiger partial charge on any atom is 0.490 e.